The molecule has 140 valence electrons. The van der Waals surface area contributed by atoms with E-state index in [-0.39, 0.29) is 23.9 Å². The lowest BCUT2D eigenvalue weighted by molar-refractivity contribution is 0.0601. The zero-order valence-electron chi connectivity index (χ0n) is 15.0. The summed E-state index contributed by atoms with van der Waals surface area (Å²) < 4.78 is 1.43. The van der Waals surface area contributed by atoms with E-state index in [1.807, 2.05) is 36.1 Å². The van der Waals surface area contributed by atoms with E-state index in [0.717, 1.165) is 50.3 Å². The number of benzene rings is 1. The fourth-order valence-electron chi connectivity index (χ4n) is 3.97. The Balaban J connectivity index is 0.00000196. The summed E-state index contributed by atoms with van der Waals surface area (Å²) in [6.07, 6.45) is 3.28. The van der Waals surface area contributed by atoms with E-state index in [4.69, 9.17) is 0 Å². The van der Waals surface area contributed by atoms with Crippen molar-refractivity contribution in [3.63, 3.8) is 0 Å². The van der Waals surface area contributed by atoms with Gasteiger partial charge in [0.05, 0.1) is 5.69 Å². The van der Waals surface area contributed by atoms with Crippen molar-refractivity contribution in [1.29, 1.82) is 0 Å². The van der Waals surface area contributed by atoms with E-state index in [2.05, 4.69) is 10.4 Å². The van der Waals surface area contributed by atoms with Crippen molar-refractivity contribution in [3.8, 4) is 5.69 Å². The number of aromatic amines is 1. The van der Waals surface area contributed by atoms with Crippen LogP contribution in [0.2, 0.25) is 0 Å². The zero-order valence-corrected chi connectivity index (χ0v) is 15.8. The van der Waals surface area contributed by atoms with E-state index >= 15 is 0 Å². The highest BCUT2D eigenvalue weighted by atomic mass is 35.5. The summed E-state index contributed by atoms with van der Waals surface area (Å²) in [4.78, 5) is 26.9. The van der Waals surface area contributed by atoms with Crippen molar-refractivity contribution in [2.45, 2.75) is 26.2 Å². The number of carbonyl (C=O) groups excluding carboxylic acids is 1. The molecular formula is C19H25ClN4O2. The van der Waals surface area contributed by atoms with Gasteiger partial charge in [0.2, 0.25) is 0 Å². The lowest BCUT2D eigenvalue weighted by Gasteiger charge is -2.38. The van der Waals surface area contributed by atoms with Crippen molar-refractivity contribution in [3.05, 3.63) is 51.9 Å². The third kappa shape index (κ3) is 3.44. The molecule has 6 nitrogen and oxygen atoms in total. The number of halogens is 1. The second-order valence-corrected chi connectivity index (χ2v) is 7.40. The molecule has 1 amide bonds. The van der Waals surface area contributed by atoms with Crippen LogP contribution in [-0.4, -0.2) is 46.8 Å². The Bertz CT molecular complexity index is 824. The summed E-state index contributed by atoms with van der Waals surface area (Å²) in [5.74, 6) is -0.0798. The molecule has 1 aromatic heterocycles. The molecule has 2 aromatic rings. The zero-order chi connectivity index (χ0) is 17.4. The molecular weight excluding hydrogens is 352 g/mol. The van der Waals surface area contributed by atoms with E-state index in [1.165, 1.54) is 17.2 Å². The molecule has 2 aliphatic rings. The quantitative estimate of drug-likeness (QED) is 0.843. The molecule has 3 heterocycles. The average molecular weight is 377 g/mol. The second kappa shape index (κ2) is 7.29. The highest BCUT2D eigenvalue weighted by molar-refractivity contribution is 5.92. The number of nitrogens with one attached hydrogen (secondary N) is 2. The first-order chi connectivity index (χ1) is 12.1. The first-order valence-electron chi connectivity index (χ1n) is 8.96. The van der Waals surface area contributed by atoms with Crippen LogP contribution < -0.4 is 10.9 Å². The summed E-state index contributed by atoms with van der Waals surface area (Å²) in [6, 6.07) is 9.05. The third-order valence-corrected chi connectivity index (χ3v) is 5.69. The molecule has 26 heavy (non-hydrogen) atoms. The van der Waals surface area contributed by atoms with Gasteiger partial charge in [-0.15, -0.1) is 12.4 Å². The lowest BCUT2D eigenvalue weighted by atomic mass is 9.78. The molecule has 2 aliphatic heterocycles. The van der Waals surface area contributed by atoms with Gasteiger partial charge in [-0.05, 0) is 50.3 Å². The molecule has 0 saturated carbocycles. The number of carbonyl (C=O) groups is 1. The average Bonchev–Trinajstić information content (AvgIpc) is 3.23. The molecule has 0 bridgehead atoms. The van der Waals surface area contributed by atoms with Gasteiger partial charge in [-0.3, -0.25) is 14.7 Å². The Morgan fingerprint density at radius 2 is 1.81 bits per heavy atom. The van der Waals surface area contributed by atoms with Crippen LogP contribution in [0.5, 0.6) is 0 Å². The minimum Gasteiger partial charge on any atom is -0.337 e. The van der Waals surface area contributed by atoms with Crippen LogP contribution in [0.1, 0.15) is 35.3 Å². The molecule has 2 fully saturated rings. The molecule has 1 spiro atoms. The monoisotopic (exact) mass is 376 g/mol. The van der Waals surface area contributed by atoms with Crippen LogP contribution in [0.15, 0.2) is 35.1 Å². The minimum absolute atomic E-state index is 0. The molecule has 2 saturated heterocycles. The van der Waals surface area contributed by atoms with Crippen molar-refractivity contribution < 1.29 is 4.79 Å². The van der Waals surface area contributed by atoms with Crippen LogP contribution in [0.3, 0.4) is 0 Å². The number of hydrogen-bond acceptors (Lipinski definition) is 3. The number of aromatic nitrogens is 2. The van der Waals surface area contributed by atoms with Crippen LogP contribution >= 0.6 is 12.4 Å². The van der Waals surface area contributed by atoms with Gasteiger partial charge in [0.25, 0.3) is 11.5 Å². The predicted octanol–water partition coefficient (Wildman–Crippen LogP) is 2.11. The summed E-state index contributed by atoms with van der Waals surface area (Å²) in [6.45, 7) is 5.67. The summed E-state index contributed by atoms with van der Waals surface area (Å²) in [5, 5.41) is 6.41. The summed E-state index contributed by atoms with van der Waals surface area (Å²) in [7, 11) is 0. The van der Waals surface area contributed by atoms with Crippen molar-refractivity contribution in [2.75, 3.05) is 26.2 Å². The lowest BCUT2D eigenvalue weighted by Crippen LogP contribution is -2.44. The highest BCUT2D eigenvalue weighted by Crippen LogP contribution is 2.37. The third-order valence-electron chi connectivity index (χ3n) is 5.69. The maximum Gasteiger partial charge on any atom is 0.271 e. The molecule has 0 atom stereocenters. The van der Waals surface area contributed by atoms with Gasteiger partial charge in [-0.25, -0.2) is 4.68 Å². The molecule has 2 N–H and O–H groups in total. The van der Waals surface area contributed by atoms with Gasteiger partial charge in [0, 0.05) is 25.7 Å². The van der Waals surface area contributed by atoms with E-state index in [1.54, 1.807) is 0 Å². The second-order valence-electron chi connectivity index (χ2n) is 7.40. The number of nitrogens with zero attached hydrogens (tertiary/aromatic N) is 2. The largest absolute Gasteiger partial charge is 0.337 e. The summed E-state index contributed by atoms with van der Waals surface area (Å²) >= 11 is 0. The van der Waals surface area contributed by atoms with Crippen LogP contribution in [-0.2, 0) is 0 Å². The standard InChI is InChI=1S/C19H24N4O2.ClH/c1-14-2-4-15(5-3-14)23-17(24)12-16(21-23)18(25)22-10-7-19(8-11-22)6-9-20-13-19;/h2-5,12,20-21H,6-11,13H2,1H3;1H. The number of piperidine rings is 1. The van der Waals surface area contributed by atoms with Crippen molar-refractivity contribution in [1.82, 2.24) is 20.0 Å². The number of H-pyrrole nitrogens is 1. The van der Waals surface area contributed by atoms with E-state index in [9.17, 15) is 9.59 Å². The minimum atomic E-state index is -0.208. The van der Waals surface area contributed by atoms with Crippen molar-refractivity contribution in [2.24, 2.45) is 5.41 Å². The first-order valence-corrected chi connectivity index (χ1v) is 8.96. The van der Waals surface area contributed by atoms with Gasteiger partial charge >= 0.3 is 0 Å². The Hall–Kier alpha value is -2.05. The number of amides is 1. The maximum atomic E-state index is 12.8. The normalized spacial score (nSPS) is 18.7. The number of aryl methyl sites for hydroxylation is 1. The van der Waals surface area contributed by atoms with Gasteiger partial charge in [0.1, 0.15) is 5.69 Å². The highest BCUT2D eigenvalue weighted by Gasteiger charge is 2.38. The topological polar surface area (TPSA) is 70.1 Å². The Morgan fingerprint density at radius 1 is 1.12 bits per heavy atom. The van der Waals surface area contributed by atoms with E-state index in [0.29, 0.717) is 11.1 Å². The fraction of sp³-hybridized carbons (Fsp3) is 0.474. The Morgan fingerprint density at radius 3 is 2.42 bits per heavy atom. The smallest absolute Gasteiger partial charge is 0.271 e. The maximum absolute atomic E-state index is 12.8. The van der Waals surface area contributed by atoms with Crippen LogP contribution in [0, 0.1) is 12.3 Å². The predicted molar refractivity (Wildman–Crippen MR) is 103 cm³/mol. The van der Waals surface area contributed by atoms with Gasteiger partial charge in [0.15, 0.2) is 0 Å². The number of rotatable bonds is 2. The SMILES string of the molecule is Cc1ccc(-n2[nH]c(C(=O)N3CCC4(CCNC4)CC3)cc2=O)cc1.Cl. The molecule has 0 unspecified atom stereocenters. The van der Waals surface area contributed by atoms with Gasteiger partial charge in [-0.1, -0.05) is 17.7 Å². The molecule has 1 aromatic carbocycles. The first kappa shape index (κ1) is 18.7. The van der Waals surface area contributed by atoms with Crippen LogP contribution in [0.4, 0.5) is 0 Å². The Labute approximate surface area is 159 Å². The van der Waals surface area contributed by atoms with E-state index < -0.39 is 0 Å². The molecule has 7 heteroatoms. The number of likely N-dealkylation sites (tertiary alicyclic amines) is 1. The Kier molecular flexibility index (Phi) is 5.25. The van der Waals surface area contributed by atoms with Crippen LogP contribution in [0.25, 0.3) is 5.69 Å². The fourth-order valence-corrected chi connectivity index (χ4v) is 3.97. The summed E-state index contributed by atoms with van der Waals surface area (Å²) in [5.41, 5.74) is 2.40. The molecule has 4 rings (SSSR count). The van der Waals surface area contributed by atoms with Crippen molar-refractivity contribution >= 4 is 18.3 Å². The molecule has 0 aliphatic carbocycles. The number of hydrogen-bond donors (Lipinski definition) is 2. The van der Waals surface area contributed by atoms with Gasteiger partial charge in [-0.2, -0.15) is 0 Å². The van der Waals surface area contributed by atoms with Gasteiger partial charge < -0.3 is 10.2 Å². The molecule has 0 radical (unpaired) electrons.